The van der Waals surface area contributed by atoms with Gasteiger partial charge in [-0.2, -0.15) is 18.3 Å². The fourth-order valence-electron chi connectivity index (χ4n) is 5.17. The van der Waals surface area contributed by atoms with E-state index in [0.717, 1.165) is 17.5 Å². The minimum Gasteiger partial charge on any atom is -0.490 e. The third-order valence-electron chi connectivity index (χ3n) is 6.65. The van der Waals surface area contributed by atoms with Gasteiger partial charge in [-0.1, -0.05) is 6.92 Å². The molecule has 0 radical (unpaired) electrons. The molecule has 3 aromatic rings. The number of nitrogens with zero attached hydrogens (tertiary/aromatic N) is 3. The number of ether oxygens (including phenoxy) is 1. The van der Waals surface area contributed by atoms with Crippen molar-refractivity contribution in [1.82, 2.24) is 14.8 Å². The van der Waals surface area contributed by atoms with E-state index >= 15 is 0 Å². The summed E-state index contributed by atoms with van der Waals surface area (Å²) < 4.78 is 58.0. The fraction of sp³-hybridized carbons (Fsp3) is 0.435. The van der Waals surface area contributed by atoms with Crippen LogP contribution in [0.15, 0.2) is 42.7 Å². The molecule has 2 aromatic heterocycles. The van der Waals surface area contributed by atoms with Crippen LogP contribution in [0.25, 0.3) is 10.9 Å². The highest BCUT2D eigenvalue weighted by Gasteiger charge is 2.59. The number of nitrogens with one attached hydrogen (secondary N) is 1. The summed E-state index contributed by atoms with van der Waals surface area (Å²) in [4.78, 5) is 16.8. The molecule has 174 valence electrons. The van der Waals surface area contributed by atoms with Gasteiger partial charge in [-0.25, -0.2) is 4.39 Å². The van der Waals surface area contributed by atoms with Crippen molar-refractivity contribution in [2.45, 2.75) is 38.6 Å². The van der Waals surface area contributed by atoms with Crippen molar-refractivity contribution in [3.8, 4) is 5.75 Å². The average Bonchev–Trinajstić information content (AvgIpc) is 3.05. The number of halogens is 4. The maximum Gasteiger partial charge on any atom is 0.408 e. The van der Waals surface area contributed by atoms with Crippen LogP contribution in [0.1, 0.15) is 19.8 Å². The minimum atomic E-state index is -4.37. The van der Waals surface area contributed by atoms with Crippen LogP contribution in [0.5, 0.6) is 5.75 Å². The number of anilines is 1. The van der Waals surface area contributed by atoms with Crippen molar-refractivity contribution in [2.24, 2.45) is 23.7 Å². The number of hydrogen-bond donors (Lipinski definition) is 1. The van der Waals surface area contributed by atoms with Crippen LogP contribution in [0, 0.1) is 29.5 Å². The molecule has 2 fully saturated rings. The third-order valence-corrected chi connectivity index (χ3v) is 6.65. The summed E-state index contributed by atoms with van der Waals surface area (Å²) in [5.74, 6) is 0.727. The standard InChI is InChI=1S/C23H22F4N4O2/c1-12(22(32)29-20-5-7-31(30-20)11-23(25,26)27)21-15-9-14(10-16(15)21)33-19-4-6-28-18-3-2-13(24)8-17(18)19/h2-8,12,14-16,21H,9-11H2,1H3,(H,29,30,32)/t12?,14?,15-,16+,21?. The number of alkyl halides is 3. The van der Waals surface area contributed by atoms with Crippen LogP contribution >= 0.6 is 0 Å². The molecule has 0 bridgehead atoms. The van der Waals surface area contributed by atoms with E-state index in [4.69, 9.17) is 4.74 Å². The first kappa shape index (κ1) is 21.7. The predicted molar refractivity (Wildman–Crippen MR) is 112 cm³/mol. The van der Waals surface area contributed by atoms with E-state index in [-0.39, 0.29) is 35.5 Å². The Balaban J connectivity index is 1.16. The third kappa shape index (κ3) is 4.51. The number of aromatic nitrogens is 3. The minimum absolute atomic E-state index is 0.0153. The van der Waals surface area contributed by atoms with Gasteiger partial charge in [-0.15, -0.1) is 0 Å². The number of hydrogen-bond acceptors (Lipinski definition) is 4. The molecule has 6 nitrogen and oxygen atoms in total. The molecule has 10 heteroatoms. The first-order chi connectivity index (χ1) is 15.7. The molecular formula is C23H22F4N4O2. The lowest BCUT2D eigenvalue weighted by molar-refractivity contribution is -0.142. The van der Waals surface area contributed by atoms with Gasteiger partial charge in [0.2, 0.25) is 5.91 Å². The second-order valence-electron chi connectivity index (χ2n) is 8.88. The molecule has 1 amide bonds. The number of amides is 1. The Morgan fingerprint density at radius 2 is 2.00 bits per heavy atom. The van der Waals surface area contributed by atoms with Gasteiger partial charge in [0.05, 0.1) is 11.6 Å². The quantitative estimate of drug-likeness (QED) is 0.534. The topological polar surface area (TPSA) is 69.0 Å². The van der Waals surface area contributed by atoms with E-state index in [1.807, 2.05) is 6.92 Å². The predicted octanol–water partition coefficient (Wildman–Crippen LogP) is 4.81. The highest BCUT2D eigenvalue weighted by molar-refractivity contribution is 5.92. The first-order valence-corrected chi connectivity index (χ1v) is 10.8. The molecule has 5 rings (SSSR count). The maximum absolute atomic E-state index is 13.7. The van der Waals surface area contributed by atoms with Gasteiger partial charge in [0.25, 0.3) is 0 Å². The van der Waals surface area contributed by atoms with Gasteiger partial charge >= 0.3 is 6.18 Å². The molecule has 0 aliphatic heterocycles. The number of rotatable bonds is 6. The SMILES string of the molecule is CC(C(=O)Nc1ccn(CC(F)(F)F)n1)C1[C@H]2CC(Oc3ccnc4ccc(F)cc34)C[C@@H]12. The Hall–Kier alpha value is -3.17. The molecule has 2 aliphatic rings. The number of carbonyl (C=O) groups excluding carboxylic acids is 1. The van der Waals surface area contributed by atoms with Crippen molar-refractivity contribution in [3.63, 3.8) is 0 Å². The summed E-state index contributed by atoms with van der Waals surface area (Å²) in [6.07, 6.45) is 0.0330. The summed E-state index contributed by atoms with van der Waals surface area (Å²) in [6.45, 7) is 0.631. The van der Waals surface area contributed by atoms with Crippen molar-refractivity contribution in [3.05, 3.63) is 48.5 Å². The Bertz CT molecular complexity index is 1180. The molecule has 3 unspecified atom stereocenters. The van der Waals surface area contributed by atoms with Gasteiger partial charge in [0.15, 0.2) is 5.82 Å². The van der Waals surface area contributed by atoms with Crippen LogP contribution in [0.3, 0.4) is 0 Å². The Labute approximate surface area is 186 Å². The van der Waals surface area contributed by atoms with E-state index in [1.165, 1.54) is 24.4 Å². The second kappa shape index (κ2) is 8.00. The summed E-state index contributed by atoms with van der Waals surface area (Å²) in [5.41, 5.74) is 0.665. The number of carbonyl (C=O) groups is 1. The van der Waals surface area contributed by atoms with Gasteiger partial charge < -0.3 is 10.1 Å². The largest absolute Gasteiger partial charge is 0.490 e. The first-order valence-electron chi connectivity index (χ1n) is 10.8. The molecule has 33 heavy (non-hydrogen) atoms. The zero-order valence-electron chi connectivity index (χ0n) is 17.7. The monoisotopic (exact) mass is 462 g/mol. The van der Waals surface area contributed by atoms with E-state index < -0.39 is 12.7 Å². The highest BCUT2D eigenvalue weighted by Crippen LogP contribution is 2.61. The Kier molecular flexibility index (Phi) is 5.25. The summed E-state index contributed by atoms with van der Waals surface area (Å²) >= 11 is 0. The molecule has 1 aromatic carbocycles. The van der Waals surface area contributed by atoms with E-state index in [1.54, 1.807) is 18.3 Å². The van der Waals surface area contributed by atoms with Crippen LogP contribution in [0.4, 0.5) is 23.4 Å². The van der Waals surface area contributed by atoms with Gasteiger partial charge in [-0.05, 0) is 54.9 Å². The molecule has 2 heterocycles. The highest BCUT2D eigenvalue weighted by atomic mass is 19.4. The molecule has 2 saturated carbocycles. The molecule has 0 spiro atoms. The maximum atomic E-state index is 13.7. The fourth-order valence-corrected chi connectivity index (χ4v) is 5.17. The van der Waals surface area contributed by atoms with E-state index in [0.29, 0.717) is 28.5 Å². The van der Waals surface area contributed by atoms with Crippen molar-refractivity contribution in [1.29, 1.82) is 0 Å². The molecule has 1 N–H and O–H groups in total. The number of pyridine rings is 1. The van der Waals surface area contributed by atoms with Crippen molar-refractivity contribution >= 4 is 22.6 Å². The zero-order chi connectivity index (χ0) is 23.3. The van der Waals surface area contributed by atoms with Crippen molar-refractivity contribution < 1.29 is 27.1 Å². The molecule has 2 aliphatic carbocycles. The zero-order valence-corrected chi connectivity index (χ0v) is 17.7. The summed E-state index contributed by atoms with van der Waals surface area (Å²) in [5, 5.41) is 7.03. The summed E-state index contributed by atoms with van der Waals surface area (Å²) in [7, 11) is 0. The number of fused-ring (bicyclic) bond motifs is 2. The van der Waals surface area contributed by atoms with E-state index in [9.17, 15) is 22.4 Å². The summed E-state index contributed by atoms with van der Waals surface area (Å²) in [6, 6.07) is 7.49. The van der Waals surface area contributed by atoms with Crippen LogP contribution < -0.4 is 10.1 Å². The smallest absolute Gasteiger partial charge is 0.408 e. The molecule has 5 atom stereocenters. The lowest BCUT2D eigenvalue weighted by Crippen LogP contribution is -2.26. The molecular weight excluding hydrogens is 440 g/mol. The van der Waals surface area contributed by atoms with E-state index in [2.05, 4.69) is 15.4 Å². The number of benzene rings is 1. The van der Waals surface area contributed by atoms with Crippen LogP contribution in [-0.2, 0) is 11.3 Å². The van der Waals surface area contributed by atoms with Gasteiger partial charge in [0.1, 0.15) is 18.1 Å². The van der Waals surface area contributed by atoms with Gasteiger partial charge in [0, 0.05) is 29.8 Å². The lowest BCUT2D eigenvalue weighted by Gasteiger charge is -2.20. The Morgan fingerprint density at radius 3 is 2.73 bits per heavy atom. The lowest BCUT2D eigenvalue weighted by atomic mass is 9.97. The van der Waals surface area contributed by atoms with Gasteiger partial charge in [-0.3, -0.25) is 14.5 Å². The van der Waals surface area contributed by atoms with Crippen molar-refractivity contribution in [2.75, 3.05) is 5.32 Å². The van der Waals surface area contributed by atoms with Crippen LogP contribution in [-0.4, -0.2) is 33.0 Å². The normalized spacial score (nSPS) is 25.0. The Morgan fingerprint density at radius 1 is 1.24 bits per heavy atom. The second-order valence-corrected chi connectivity index (χ2v) is 8.88. The average molecular weight is 462 g/mol. The van der Waals surface area contributed by atoms with Crippen LogP contribution in [0.2, 0.25) is 0 Å². The molecule has 0 saturated heterocycles.